The van der Waals surface area contributed by atoms with Crippen molar-refractivity contribution in [2.75, 3.05) is 29.9 Å². The second-order valence-corrected chi connectivity index (χ2v) is 5.38. The molecule has 0 fully saturated rings. The third-order valence-corrected chi connectivity index (χ3v) is 3.33. The Labute approximate surface area is 112 Å². The van der Waals surface area contributed by atoms with Gasteiger partial charge < -0.3 is 15.3 Å². The summed E-state index contributed by atoms with van der Waals surface area (Å²) >= 11 is 0. The zero-order valence-electron chi connectivity index (χ0n) is 11.1. The summed E-state index contributed by atoms with van der Waals surface area (Å²) in [5, 5.41) is 21.4. The van der Waals surface area contributed by atoms with Crippen LogP contribution in [0.5, 0.6) is 0 Å². The number of carbonyl (C=O) groups is 1. The van der Waals surface area contributed by atoms with Crippen LogP contribution in [0.2, 0.25) is 0 Å². The molecule has 100 valence electrons. The normalized spacial score (nSPS) is 14.3. The van der Waals surface area contributed by atoms with Gasteiger partial charge in [0.25, 0.3) is 0 Å². The minimum atomic E-state index is -0.822. The van der Waals surface area contributed by atoms with Gasteiger partial charge in [-0.05, 0) is 32.0 Å². The van der Waals surface area contributed by atoms with Gasteiger partial charge in [0, 0.05) is 19.6 Å². The van der Waals surface area contributed by atoms with Crippen LogP contribution >= 0.6 is 0 Å². The quantitative estimate of drug-likeness (QED) is 0.867. The molecule has 2 rings (SSSR count). The van der Waals surface area contributed by atoms with E-state index in [-0.39, 0.29) is 0 Å². The fraction of sp³-hybridized carbons (Fsp3) is 0.429. The maximum absolute atomic E-state index is 11.2. The van der Waals surface area contributed by atoms with Crippen LogP contribution in [0.25, 0.3) is 0 Å². The first kappa shape index (κ1) is 13.2. The summed E-state index contributed by atoms with van der Waals surface area (Å²) in [6, 6.07) is 7.55. The number of anilines is 2. The van der Waals surface area contributed by atoms with Crippen molar-refractivity contribution < 1.29 is 9.90 Å². The molecule has 1 aromatic rings. The summed E-state index contributed by atoms with van der Waals surface area (Å²) in [6.45, 7) is 5.36. The maximum atomic E-state index is 11.2. The molecule has 0 saturated carbocycles. The van der Waals surface area contributed by atoms with Crippen molar-refractivity contribution in [2.45, 2.75) is 13.8 Å². The molecule has 0 aromatic heterocycles. The lowest BCUT2D eigenvalue weighted by atomic mass is 9.92. The number of carboxylic acids is 1. The fourth-order valence-corrected chi connectivity index (χ4v) is 2.17. The van der Waals surface area contributed by atoms with E-state index < -0.39 is 11.4 Å². The third kappa shape index (κ3) is 2.63. The number of carboxylic acid groups (broad SMARTS) is 1. The number of hydrogen-bond acceptors (Lipinski definition) is 4. The number of nitrogens with one attached hydrogen (secondary N) is 1. The molecular formula is C14H17N3O2. The van der Waals surface area contributed by atoms with E-state index in [9.17, 15) is 9.90 Å². The van der Waals surface area contributed by atoms with Gasteiger partial charge in [0.2, 0.25) is 0 Å². The Morgan fingerprint density at radius 1 is 1.58 bits per heavy atom. The molecule has 0 amide bonds. The Balaban J connectivity index is 2.32. The largest absolute Gasteiger partial charge is 0.481 e. The first-order valence-electron chi connectivity index (χ1n) is 6.20. The Kier molecular flexibility index (Phi) is 3.34. The van der Waals surface area contributed by atoms with Crippen LogP contribution in [-0.2, 0) is 4.79 Å². The topological polar surface area (TPSA) is 76.4 Å². The molecule has 1 aliphatic heterocycles. The van der Waals surface area contributed by atoms with Crippen LogP contribution in [0, 0.1) is 16.7 Å². The van der Waals surface area contributed by atoms with Crippen LogP contribution in [0.4, 0.5) is 11.4 Å². The van der Waals surface area contributed by atoms with Gasteiger partial charge in [0.15, 0.2) is 0 Å². The van der Waals surface area contributed by atoms with Crippen molar-refractivity contribution in [3.05, 3.63) is 23.8 Å². The van der Waals surface area contributed by atoms with Crippen LogP contribution in [0.3, 0.4) is 0 Å². The van der Waals surface area contributed by atoms with Crippen molar-refractivity contribution in [3.8, 4) is 6.07 Å². The Hall–Kier alpha value is -2.22. The van der Waals surface area contributed by atoms with Crippen LogP contribution in [0.1, 0.15) is 19.4 Å². The van der Waals surface area contributed by atoms with Gasteiger partial charge in [0.1, 0.15) is 0 Å². The smallest absolute Gasteiger partial charge is 0.310 e. The molecule has 19 heavy (non-hydrogen) atoms. The van der Waals surface area contributed by atoms with Gasteiger partial charge in [-0.2, -0.15) is 5.26 Å². The minimum Gasteiger partial charge on any atom is -0.481 e. The monoisotopic (exact) mass is 259 g/mol. The summed E-state index contributed by atoms with van der Waals surface area (Å²) in [5.74, 6) is -0.816. The second-order valence-electron chi connectivity index (χ2n) is 5.38. The van der Waals surface area contributed by atoms with Gasteiger partial charge >= 0.3 is 5.97 Å². The molecular weight excluding hydrogens is 242 g/mol. The maximum Gasteiger partial charge on any atom is 0.310 e. The molecule has 1 heterocycles. The first-order valence-corrected chi connectivity index (χ1v) is 6.20. The molecule has 0 atom stereocenters. The predicted molar refractivity (Wildman–Crippen MR) is 73.3 cm³/mol. The molecule has 0 bridgehead atoms. The molecule has 0 spiro atoms. The molecule has 1 aromatic carbocycles. The van der Waals surface area contributed by atoms with E-state index in [2.05, 4.69) is 11.4 Å². The number of rotatable bonds is 3. The molecule has 0 saturated heterocycles. The number of hydrogen-bond donors (Lipinski definition) is 2. The fourth-order valence-electron chi connectivity index (χ4n) is 2.17. The van der Waals surface area contributed by atoms with E-state index in [4.69, 9.17) is 5.26 Å². The summed E-state index contributed by atoms with van der Waals surface area (Å²) < 4.78 is 0. The van der Waals surface area contributed by atoms with E-state index in [1.54, 1.807) is 26.0 Å². The van der Waals surface area contributed by atoms with Gasteiger partial charge in [0.05, 0.1) is 28.4 Å². The summed E-state index contributed by atoms with van der Waals surface area (Å²) in [4.78, 5) is 13.3. The van der Waals surface area contributed by atoms with Crippen molar-refractivity contribution in [3.63, 3.8) is 0 Å². The highest BCUT2D eigenvalue weighted by molar-refractivity contribution is 5.77. The molecule has 0 aliphatic carbocycles. The number of nitrogens with zero attached hydrogens (tertiary/aromatic N) is 2. The average molecular weight is 259 g/mol. The SMILES string of the molecule is CC(C)(CN1CCNc2ccc(C#N)cc21)C(=O)O. The highest BCUT2D eigenvalue weighted by Crippen LogP contribution is 2.32. The van der Waals surface area contributed by atoms with Crippen LogP contribution in [0.15, 0.2) is 18.2 Å². The standard InChI is InChI=1S/C14H17N3O2/c1-14(2,13(18)19)9-17-6-5-16-11-4-3-10(8-15)7-12(11)17/h3-4,7,16H,5-6,9H2,1-2H3,(H,18,19). The van der Waals surface area contributed by atoms with Gasteiger partial charge in [-0.3, -0.25) is 4.79 Å². The summed E-state index contributed by atoms with van der Waals surface area (Å²) in [5.41, 5.74) is 1.61. The second kappa shape index (κ2) is 4.81. The van der Waals surface area contributed by atoms with Gasteiger partial charge in [-0.25, -0.2) is 0 Å². The Morgan fingerprint density at radius 2 is 2.32 bits per heavy atom. The van der Waals surface area contributed by atoms with E-state index in [1.807, 2.05) is 11.0 Å². The number of aliphatic carboxylic acids is 1. The van der Waals surface area contributed by atoms with Gasteiger partial charge in [-0.15, -0.1) is 0 Å². The van der Waals surface area contributed by atoms with Crippen LogP contribution in [-0.4, -0.2) is 30.7 Å². The molecule has 5 nitrogen and oxygen atoms in total. The molecule has 5 heteroatoms. The molecule has 0 radical (unpaired) electrons. The van der Waals surface area contributed by atoms with Crippen molar-refractivity contribution in [1.82, 2.24) is 0 Å². The highest BCUT2D eigenvalue weighted by Gasteiger charge is 2.31. The van der Waals surface area contributed by atoms with E-state index in [1.165, 1.54) is 0 Å². The lowest BCUT2D eigenvalue weighted by Crippen LogP contribution is -2.43. The molecule has 2 N–H and O–H groups in total. The zero-order chi connectivity index (χ0) is 14.0. The predicted octanol–water partition coefficient (Wildman–Crippen LogP) is 1.90. The first-order chi connectivity index (χ1) is 8.94. The number of fused-ring (bicyclic) bond motifs is 1. The van der Waals surface area contributed by atoms with Gasteiger partial charge in [-0.1, -0.05) is 0 Å². The van der Waals surface area contributed by atoms with E-state index in [0.717, 1.165) is 24.5 Å². The lowest BCUT2D eigenvalue weighted by molar-refractivity contribution is -0.146. The summed E-state index contributed by atoms with van der Waals surface area (Å²) in [7, 11) is 0. The number of benzene rings is 1. The molecule has 0 unspecified atom stereocenters. The molecule has 1 aliphatic rings. The lowest BCUT2D eigenvalue weighted by Gasteiger charge is -2.36. The average Bonchev–Trinajstić information content (AvgIpc) is 2.38. The Morgan fingerprint density at radius 3 is 2.95 bits per heavy atom. The highest BCUT2D eigenvalue weighted by atomic mass is 16.4. The van der Waals surface area contributed by atoms with Crippen LogP contribution < -0.4 is 10.2 Å². The zero-order valence-corrected chi connectivity index (χ0v) is 11.1. The van der Waals surface area contributed by atoms with Crippen molar-refractivity contribution in [2.24, 2.45) is 5.41 Å². The van der Waals surface area contributed by atoms with E-state index in [0.29, 0.717) is 12.1 Å². The van der Waals surface area contributed by atoms with E-state index >= 15 is 0 Å². The summed E-state index contributed by atoms with van der Waals surface area (Å²) in [6.07, 6.45) is 0. The Bertz CT molecular complexity index is 546. The minimum absolute atomic E-state index is 0.423. The third-order valence-electron chi connectivity index (χ3n) is 3.33. The number of nitriles is 1. The van der Waals surface area contributed by atoms with Crippen molar-refractivity contribution in [1.29, 1.82) is 5.26 Å². The van der Waals surface area contributed by atoms with Crippen molar-refractivity contribution >= 4 is 17.3 Å².